The molecule has 66 valence electrons. The Bertz CT molecular complexity index is 224. The third-order valence-corrected chi connectivity index (χ3v) is 1.81. The molecule has 0 atom stereocenters. The van der Waals surface area contributed by atoms with Crippen molar-refractivity contribution in [3.05, 3.63) is 16.9 Å². The SMILES string of the molecule is CCCCC(=C=C(C)CC)C#N. The summed E-state index contributed by atoms with van der Waals surface area (Å²) in [6.07, 6.45) is 4.09. The first kappa shape index (κ1) is 11.0. The molecule has 12 heavy (non-hydrogen) atoms. The summed E-state index contributed by atoms with van der Waals surface area (Å²) in [5, 5.41) is 8.73. The molecule has 0 fully saturated rings. The summed E-state index contributed by atoms with van der Waals surface area (Å²) in [7, 11) is 0. The molecule has 1 nitrogen and oxygen atoms in total. The Morgan fingerprint density at radius 1 is 1.33 bits per heavy atom. The topological polar surface area (TPSA) is 23.8 Å². The summed E-state index contributed by atoms with van der Waals surface area (Å²) >= 11 is 0. The summed E-state index contributed by atoms with van der Waals surface area (Å²) in [5.74, 6) is 0. The fourth-order valence-electron chi connectivity index (χ4n) is 0.846. The summed E-state index contributed by atoms with van der Waals surface area (Å²) in [4.78, 5) is 0. The number of allylic oxidation sites excluding steroid dienone is 1. The first-order valence-electron chi connectivity index (χ1n) is 4.59. The molecule has 0 amide bonds. The molecule has 0 unspecified atom stereocenters. The predicted octanol–water partition coefficient (Wildman–Crippen LogP) is 3.58. The number of nitrogens with zero attached hydrogens (tertiary/aromatic N) is 1. The van der Waals surface area contributed by atoms with Crippen molar-refractivity contribution in [2.45, 2.75) is 46.5 Å². The lowest BCUT2D eigenvalue weighted by Gasteiger charge is -1.93. The Morgan fingerprint density at radius 3 is 2.42 bits per heavy atom. The summed E-state index contributed by atoms with van der Waals surface area (Å²) in [6, 6.07) is 2.19. The zero-order valence-electron chi connectivity index (χ0n) is 8.28. The van der Waals surface area contributed by atoms with E-state index >= 15 is 0 Å². The highest BCUT2D eigenvalue weighted by atomic mass is 14.2. The first-order chi connectivity index (χ1) is 5.74. The van der Waals surface area contributed by atoms with Gasteiger partial charge in [0.05, 0.1) is 5.57 Å². The minimum Gasteiger partial charge on any atom is -0.192 e. The molecule has 0 saturated heterocycles. The molecule has 0 N–H and O–H groups in total. The van der Waals surface area contributed by atoms with Crippen LogP contribution < -0.4 is 0 Å². The van der Waals surface area contributed by atoms with Crippen LogP contribution in [0.1, 0.15) is 46.5 Å². The van der Waals surface area contributed by atoms with Crippen molar-refractivity contribution in [2.75, 3.05) is 0 Å². The third-order valence-electron chi connectivity index (χ3n) is 1.81. The Hall–Kier alpha value is -0.990. The van der Waals surface area contributed by atoms with E-state index in [0.717, 1.165) is 31.3 Å². The molecule has 0 rings (SSSR count). The van der Waals surface area contributed by atoms with E-state index in [1.807, 2.05) is 6.92 Å². The highest BCUT2D eigenvalue weighted by Gasteiger charge is 1.92. The predicted molar refractivity (Wildman–Crippen MR) is 51.6 cm³/mol. The number of hydrogen-bond acceptors (Lipinski definition) is 1. The van der Waals surface area contributed by atoms with E-state index in [0.29, 0.717) is 0 Å². The highest BCUT2D eigenvalue weighted by Crippen LogP contribution is 2.06. The fraction of sp³-hybridized carbons (Fsp3) is 0.636. The summed E-state index contributed by atoms with van der Waals surface area (Å²) in [6.45, 7) is 6.23. The third kappa shape index (κ3) is 4.77. The number of unbranched alkanes of at least 4 members (excludes halogenated alkanes) is 1. The van der Waals surface area contributed by atoms with Crippen LogP contribution in [0.4, 0.5) is 0 Å². The second kappa shape index (κ2) is 6.70. The Kier molecular flexibility index (Phi) is 6.15. The molecule has 0 aromatic rings. The minimum atomic E-state index is 0.802. The van der Waals surface area contributed by atoms with Gasteiger partial charge >= 0.3 is 0 Å². The monoisotopic (exact) mass is 163 g/mol. The molecule has 0 aliphatic rings. The van der Waals surface area contributed by atoms with Crippen molar-refractivity contribution in [3.63, 3.8) is 0 Å². The quantitative estimate of drug-likeness (QED) is 0.459. The van der Waals surface area contributed by atoms with Gasteiger partial charge < -0.3 is 0 Å². The van der Waals surface area contributed by atoms with Gasteiger partial charge in [0.15, 0.2) is 0 Å². The van der Waals surface area contributed by atoms with Crippen LogP contribution in [0, 0.1) is 11.3 Å². The molecular formula is C11H17N. The Morgan fingerprint density at radius 2 is 2.00 bits per heavy atom. The van der Waals surface area contributed by atoms with Gasteiger partial charge in [0.25, 0.3) is 0 Å². The molecule has 0 aliphatic heterocycles. The van der Waals surface area contributed by atoms with Crippen LogP contribution in [-0.4, -0.2) is 0 Å². The van der Waals surface area contributed by atoms with Crippen LogP contribution >= 0.6 is 0 Å². The zero-order chi connectivity index (χ0) is 9.40. The maximum atomic E-state index is 8.73. The number of hydrogen-bond donors (Lipinski definition) is 0. The number of rotatable bonds is 4. The normalized spacial score (nSPS) is 8.50. The summed E-state index contributed by atoms with van der Waals surface area (Å²) < 4.78 is 0. The van der Waals surface area contributed by atoms with E-state index in [2.05, 4.69) is 25.6 Å². The van der Waals surface area contributed by atoms with E-state index in [1.165, 1.54) is 5.57 Å². The molecule has 0 aliphatic carbocycles. The Labute approximate surface area is 75.4 Å². The van der Waals surface area contributed by atoms with Gasteiger partial charge in [0.1, 0.15) is 6.07 Å². The van der Waals surface area contributed by atoms with Gasteiger partial charge in [-0.1, -0.05) is 20.3 Å². The van der Waals surface area contributed by atoms with Gasteiger partial charge in [0, 0.05) is 0 Å². The van der Waals surface area contributed by atoms with Gasteiger partial charge in [0.2, 0.25) is 0 Å². The molecule has 0 heterocycles. The van der Waals surface area contributed by atoms with Crippen LogP contribution in [-0.2, 0) is 0 Å². The maximum Gasteiger partial charge on any atom is 0.103 e. The average Bonchev–Trinajstić information content (AvgIpc) is 2.11. The largest absolute Gasteiger partial charge is 0.192 e. The second-order valence-electron chi connectivity index (χ2n) is 2.95. The molecule has 0 bridgehead atoms. The standard InChI is InChI=1S/C11H17N/c1-4-6-7-11(9-12)8-10(3)5-2/h4-7H2,1-3H3. The fourth-order valence-corrected chi connectivity index (χ4v) is 0.846. The van der Waals surface area contributed by atoms with Crippen LogP contribution in [0.5, 0.6) is 0 Å². The lowest BCUT2D eigenvalue weighted by Crippen LogP contribution is -1.78. The highest BCUT2D eigenvalue weighted by molar-refractivity contribution is 5.21. The van der Waals surface area contributed by atoms with E-state index < -0.39 is 0 Å². The van der Waals surface area contributed by atoms with E-state index in [1.54, 1.807) is 0 Å². The van der Waals surface area contributed by atoms with E-state index in [-0.39, 0.29) is 0 Å². The molecule has 0 saturated carbocycles. The van der Waals surface area contributed by atoms with E-state index in [4.69, 9.17) is 5.26 Å². The molecule has 0 aromatic heterocycles. The van der Waals surface area contributed by atoms with Crippen molar-refractivity contribution in [1.29, 1.82) is 5.26 Å². The van der Waals surface area contributed by atoms with Gasteiger partial charge in [-0.15, -0.1) is 5.73 Å². The molecule has 0 radical (unpaired) electrons. The smallest absolute Gasteiger partial charge is 0.103 e. The van der Waals surface area contributed by atoms with Gasteiger partial charge in [-0.2, -0.15) is 5.26 Å². The average molecular weight is 163 g/mol. The molecule has 0 spiro atoms. The zero-order valence-corrected chi connectivity index (χ0v) is 8.28. The van der Waals surface area contributed by atoms with Crippen molar-refractivity contribution >= 4 is 0 Å². The maximum absolute atomic E-state index is 8.73. The lowest BCUT2D eigenvalue weighted by atomic mass is 10.1. The van der Waals surface area contributed by atoms with E-state index in [9.17, 15) is 0 Å². The second-order valence-corrected chi connectivity index (χ2v) is 2.95. The lowest BCUT2D eigenvalue weighted by molar-refractivity contribution is 0.799. The minimum absolute atomic E-state index is 0.802. The first-order valence-corrected chi connectivity index (χ1v) is 4.59. The molecule has 1 heteroatoms. The van der Waals surface area contributed by atoms with Crippen molar-refractivity contribution in [2.24, 2.45) is 0 Å². The summed E-state index contributed by atoms with van der Waals surface area (Å²) in [5.41, 5.74) is 5.09. The van der Waals surface area contributed by atoms with Crippen LogP contribution in [0.2, 0.25) is 0 Å². The number of nitriles is 1. The van der Waals surface area contributed by atoms with Crippen molar-refractivity contribution in [3.8, 4) is 6.07 Å². The van der Waals surface area contributed by atoms with Gasteiger partial charge in [-0.25, -0.2) is 0 Å². The van der Waals surface area contributed by atoms with Gasteiger partial charge in [-0.3, -0.25) is 0 Å². The van der Waals surface area contributed by atoms with Crippen LogP contribution in [0.15, 0.2) is 16.9 Å². The van der Waals surface area contributed by atoms with Crippen LogP contribution in [0.3, 0.4) is 0 Å². The van der Waals surface area contributed by atoms with Crippen LogP contribution in [0.25, 0.3) is 0 Å². The Balaban J connectivity index is 4.35. The molecule has 0 aromatic carbocycles. The van der Waals surface area contributed by atoms with Crippen molar-refractivity contribution < 1.29 is 0 Å². The molecular weight excluding hydrogens is 146 g/mol. The van der Waals surface area contributed by atoms with Crippen molar-refractivity contribution in [1.82, 2.24) is 0 Å². The van der Waals surface area contributed by atoms with Gasteiger partial charge in [-0.05, 0) is 31.8 Å².